The number of benzene rings is 2. The van der Waals surface area contributed by atoms with Crippen LogP contribution in [0.1, 0.15) is 11.1 Å². The summed E-state index contributed by atoms with van der Waals surface area (Å²) in [6, 6.07) is 10.1. The van der Waals surface area contributed by atoms with Crippen molar-refractivity contribution >= 4 is 44.9 Å². The molecule has 0 aromatic heterocycles. The van der Waals surface area contributed by atoms with Crippen LogP contribution in [0, 0.1) is 0 Å². The van der Waals surface area contributed by atoms with E-state index in [9.17, 15) is 22.8 Å². The van der Waals surface area contributed by atoms with Gasteiger partial charge in [0.15, 0.2) is 0 Å². The van der Waals surface area contributed by atoms with Crippen LogP contribution in [-0.2, 0) is 11.0 Å². The maximum absolute atomic E-state index is 13.3. The minimum atomic E-state index is -4.49. The molecule has 0 bridgehead atoms. The van der Waals surface area contributed by atoms with Crippen LogP contribution >= 0.6 is 27.7 Å². The first kappa shape index (κ1) is 17.8. The van der Waals surface area contributed by atoms with E-state index in [1.165, 1.54) is 18.2 Å². The summed E-state index contributed by atoms with van der Waals surface area (Å²) in [5.41, 5.74) is 0.168. The number of carbonyl (C=O) groups is 2. The molecule has 2 aromatic rings. The molecule has 1 N–H and O–H groups in total. The van der Waals surface area contributed by atoms with E-state index in [0.717, 1.165) is 17.8 Å². The first-order valence-electron chi connectivity index (χ1n) is 6.96. The lowest BCUT2D eigenvalue weighted by molar-refractivity contribution is -0.137. The summed E-state index contributed by atoms with van der Waals surface area (Å²) in [4.78, 5) is 23.0. The highest BCUT2D eigenvalue weighted by Crippen LogP contribution is 2.39. The van der Waals surface area contributed by atoms with Gasteiger partial charge in [0.1, 0.15) is 0 Å². The zero-order valence-corrected chi connectivity index (χ0v) is 14.8. The van der Waals surface area contributed by atoms with Crippen molar-refractivity contribution in [1.29, 1.82) is 0 Å². The van der Waals surface area contributed by atoms with Crippen LogP contribution in [0.4, 0.5) is 18.0 Å². The number of amides is 2. The van der Waals surface area contributed by atoms with Gasteiger partial charge in [-0.15, -0.1) is 0 Å². The first-order chi connectivity index (χ1) is 11.7. The molecule has 1 saturated heterocycles. The summed E-state index contributed by atoms with van der Waals surface area (Å²) >= 11 is 3.95. The lowest BCUT2D eigenvalue weighted by Crippen LogP contribution is -2.17. The van der Waals surface area contributed by atoms with Crippen molar-refractivity contribution in [2.75, 3.05) is 0 Å². The number of nitrogens with one attached hydrogen (secondary N) is 1. The Morgan fingerprint density at radius 3 is 2.48 bits per heavy atom. The monoisotopic (exact) mass is 427 g/mol. The predicted octanol–water partition coefficient (Wildman–Crippen LogP) is 5.46. The van der Waals surface area contributed by atoms with E-state index in [2.05, 4.69) is 21.2 Å². The number of thioether (sulfide) groups is 1. The first-order valence-corrected chi connectivity index (χ1v) is 8.57. The number of imide groups is 1. The van der Waals surface area contributed by atoms with Gasteiger partial charge < -0.3 is 0 Å². The average Bonchev–Trinajstić information content (AvgIpc) is 2.84. The van der Waals surface area contributed by atoms with Crippen LogP contribution in [0.5, 0.6) is 0 Å². The molecule has 2 amide bonds. The van der Waals surface area contributed by atoms with Crippen LogP contribution < -0.4 is 5.32 Å². The molecule has 3 nitrogen and oxygen atoms in total. The Balaban J connectivity index is 2.06. The fourth-order valence-electron chi connectivity index (χ4n) is 2.37. The summed E-state index contributed by atoms with van der Waals surface area (Å²) in [6.45, 7) is 0. The molecular formula is C17H9BrF3NO2S. The number of hydrogen-bond donors (Lipinski definition) is 1. The quantitative estimate of drug-likeness (QED) is 0.647. The Hall–Kier alpha value is -2.06. The summed E-state index contributed by atoms with van der Waals surface area (Å²) in [6.07, 6.45) is -3.02. The van der Waals surface area contributed by atoms with Crippen molar-refractivity contribution in [3.63, 3.8) is 0 Å². The van der Waals surface area contributed by atoms with Crippen molar-refractivity contribution in [1.82, 2.24) is 5.32 Å². The molecular weight excluding hydrogens is 419 g/mol. The Morgan fingerprint density at radius 1 is 1.08 bits per heavy atom. The molecule has 1 aliphatic rings. The van der Waals surface area contributed by atoms with Gasteiger partial charge in [-0.05, 0) is 58.8 Å². The Labute approximate surface area is 153 Å². The Bertz CT molecular complexity index is 909. The minimum Gasteiger partial charge on any atom is -0.282 e. The van der Waals surface area contributed by atoms with Gasteiger partial charge in [0.05, 0.1) is 10.5 Å². The molecule has 0 atom stereocenters. The molecule has 0 saturated carbocycles. The van der Waals surface area contributed by atoms with Crippen molar-refractivity contribution in [2.45, 2.75) is 6.18 Å². The molecule has 0 unspecified atom stereocenters. The number of halogens is 4. The van der Waals surface area contributed by atoms with Gasteiger partial charge >= 0.3 is 6.18 Å². The minimum absolute atomic E-state index is 0.0294. The SMILES string of the molecule is O=C1NC(=O)/C(=C/c2cccc(-c3cc(Br)ccc3C(F)(F)F)c2)S1. The molecule has 8 heteroatoms. The third kappa shape index (κ3) is 3.96. The largest absolute Gasteiger partial charge is 0.417 e. The topological polar surface area (TPSA) is 46.2 Å². The molecule has 1 fully saturated rings. The third-order valence-corrected chi connectivity index (χ3v) is 4.73. The predicted molar refractivity (Wildman–Crippen MR) is 93.7 cm³/mol. The molecule has 1 aliphatic heterocycles. The zero-order valence-electron chi connectivity index (χ0n) is 12.4. The maximum atomic E-state index is 13.3. The molecule has 2 aromatic carbocycles. The fraction of sp³-hybridized carbons (Fsp3) is 0.0588. The average molecular weight is 428 g/mol. The van der Waals surface area contributed by atoms with Crippen molar-refractivity contribution < 1.29 is 22.8 Å². The van der Waals surface area contributed by atoms with Crippen LogP contribution in [0.15, 0.2) is 51.8 Å². The third-order valence-electron chi connectivity index (χ3n) is 3.42. The van der Waals surface area contributed by atoms with Gasteiger partial charge in [0, 0.05) is 4.47 Å². The smallest absolute Gasteiger partial charge is 0.282 e. The molecule has 0 spiro atoms. The van der Waals surface area contributed by atoms with E-state index in [4.69, 9.17) is 0 Å². The Morgan fingerprint density at radius 2 is 1.84 bits per heavy atom. The van der Waals surface area contributed by atoms with E-state index in [0.29, 0.717) is 15.6 Å². The van der Waals surface area contributed by atoms with E-state index in [1.807, 2.05) is 0 Å². The van der Waals surface area contributed by atoms with E-state index in [1.54, 1.807) is 24.3 Å². The number of rotatable bonds is 2. The molecule has 0 aliphatic carbocycles. The summed E-state index contributed by atoms with van der Waals surface area (Å²) in [7, 11) is 0. The van der Waals surface area contributed by atoms with Gasteiger partial charge in [-0.1, -0.05) is 34.1 Å². The zero-order chi connectivity index (χ0) is 18.2. The normalized spacial score (nSPS) is 16.4. The van der Waals surface area contributed by atoms with E-state index in [-0.39, 0.29) is 10.5 Å². The number of hydrogen-bond acceptors (Lipinski definition) is 3. The second-order valence-electron chi connectivity index (χ2n) is 5.17. The second kappa shape index (κ2) is 6.68. The van der Waals surface area contributed by atoms with Crippen LogP contribution in [0.2, 0.25) is 0 Å². The van der Waals surface area contributed by atoms with E-state index < -0.39 is 22.9 Å². The molecule has 1 heterocycles. The number of carbonyl (C=O) groups excluding carboxylic acids is 2. The molecule has 25 heavy (non-hydrogen) atoms. The second-order valence-corrected chi connectivity index (χ2v) is 7.10. The highest BCUT2D eigenvalue weighted by atomic mass is 79.9. The summed E-state index contributed by atoms with van der Waals surface area (Å²) in [5.74, 6) is -0.515. The highest BCUT2D eigenvalue weighted by molar-refractivity contribution is 9.10. The lowest BCUT2D eigenvalue weighted by atomic mass is 9.97. The van der Waals surface area contributed by atoms with Gasteiger partial charge in [0.25, 0.3) is 11.1 Å². The van der Waals surface area contributed by atoms with Crippen molar-refractivity contribution in [2.24, 2.45) is 0 Å². The lowest BCUT2D eigenvalue weighted by Gasteiger charge is -2.14. The summed E-state index contributed by atoms with van der Waals surface area (Å²) in [5, 5.41) is 1.66. The van der Waals surface area contributed by atoms with Crippen molar-refractivity contribution in [3.05, 3.63) is 63.0 Å². The summed E-state index contributed by atoms with van der Waals surface area (Å²) < 4.78 is 40.3. The maximum Gasteiger partial charge on any atom is 0.417 e. The molecule has 128 valence electrons. The highest BCUT2D eigenvalue weighted by Gasteiger charge is 2.33. The van der Waals surface area contributed by atoms with Crippen LogP contribution in [-0.4, -0.2) is 11.1 Å². The van der Waals surface area contributed by atoms with Gasteiger partial charge in [-0.3, -0.25) is 14.9 Å². The van der Waals surface area contributed by atoms with Gasteiger partial charge in [-0.2, -0.15) is 13.2 Å². The molecule has 0 radical (unpaired) electrons. The van der Waals surface area contributed by atoms with Crippen molar-refractivity contribution in [3.8, 4) is 11.1 Å². The van der Waals surface area contributed by atoms with Gasteiger partial charge in [0.2, 0.25) is 0 Å². The van der Waals surface area contributed by atoms with Gasteiger partial charge in [-0.25, -0.2) is 0 Å². The van der Waals surface area contributed by atoms with Crippen LogP contribution in [0.3, 0.4) is 0 Å². The Kier molecular flexibility index (Phi) is 4.75. The standard InChI is InChI=1S/C17H9BrF3NO2S/c18-11-4-5-13(17(19,20)21)12(8-11)10-3-1-2-9(6-10)7-14-15(23)22-16(24)25-14/h1-8H,(H,22,23,24)/b14-7-. The van der Waals surface area contributed by atoms with Crippen LogP contribution in [0.25, 0.3) is 17.2 Å². The number of alkyl halides is 3. The molecule has 3 rings (SSSR count). The fourth-order valence-corrected chi connectivity index (χ4v) is 3.41. The van der Waals surface area contributed by atoms with E-state index >= 15 is 0 Å².